The van der Waals surface area contributed by atoms with Gasteiger partial charge in [0.15, 0.2) is 0 Å². The highest BCUT2D eigenvalue weighted by Crippen LogP contribution is 2.25. The van der Waals surface area contributed by atoms with Crippen molar-refractivity contribution in [1.29, 1.82) is 0 Å². The minimum atomic E-state index is 0.507. The van der Waals surface area contributed by atoms with Gasteiger partial charge in [0.25, 0.3) is 5.78 Å². The van der Waals surface area contributed by atoms with E-state index in [2.05, 4.69) is 25.0 Å². The summed E-state index contributed by atoms with van der Waals surface area (Å²) in [7, 11) is 0. The van der Waals surface area contributed by atoms with Crippen molar-refractivity contribution >= 4 is 11.6 Å². The van der Waals surface area contributed by atoms with Crippen LogP contribution in [0, 0.1) is 12.8 Å². The first-order valence-electron chi connectivity index (χ1n) is 7.25. The summed E-state index contributed by atoms with van der Waals surface area (Å²) in [5, 5.41) is 4.24. The van der Waals surface area contributed by atoms with Gasteiger partial charge in [-0.05, 0) is 19.1 Å². The van der Waals surface area contributed by atoms with E-state index in [9.17, 15) is 0 Å². The molecule has 0 bridgehead atoms. The van der Waals surface area contributed by atoms with Gasteiger partial charge in [-0.15, -0.1) is 0 Å². The predicted octanol–water partition coefficient (Wildman–Crippen LogP) is 1.34. The number of fused-ring (bicyclic) bond motifs is 1. The molecule has 0 radical (unpaired) electrons. The zero-order chi connectivity index (χ0) is 14.9. The monoisotopic (exact) mass is 296 g/mol. The molecule has 0 atom stereocenters. The fourth-order valence-electron chi connectivity index (χ4n) is 2.65. The first kappa shape index (κ1) is 13.0. The van der Waals surface area contributed by atoms with Crippen LogP contribution in [0.1, 0.15) is 5.69 Å². The molecule has 3 aromatic rings. The fourth-order valence-corrected chi connectivity index (χ4v) is 2.65. The Bertz CT molecular complexity index is 781. The van der Waals surface area contributed by atoms with Crippen LogP contribution in [0.25, 0.3) is 5.78 Å². The molecule has 7 nitrogen and oxygen atoms in total. The molecule has 3 aromatic heterocycles. The first-order chi connectivity index (χ1) is 10.8. The molecular weight excluding hydrogens is 280 g/mol. The van der Waals surface area contributed by atoms with Crippen LogP contribution in [0.15, 0.2) is 36.9 Å². The summed E-state index contributed by atoms with van der Waals surface area (Å²) in [6.07, 6.45) is 5.02. The molecule has 0 unspecified atom stereocenters. The van der Waals surface area contributed by atoms with Crippen LogP contribution >= 0.6 is 0 Å². The standard InChI is InChI=1S/C15H16N6O/c1-11-5-14(21-15(19-11)17-10-18-21)20-7-12(8-20)9-22-13-3-2-4-16-6-13/h2-6,10,12H,7-9H2,1H3. The van der Waals surface area contributed by atoms with Crippen LogP contribution in [-0.4, -0.2) is 44.3 Å². The quantitative estimate of drug-likeness (QED) is 0.724. The van der Waals surface area contributed by atoms with E-state index in [0.29, 0.717) is 18.3 Å². The number of nitrogens with zero attached hydrogens (tertiary/aromatic N) is 6. The van der Waals surface area contributed by atoms with Crippen LogP contribution in [-0.2, 0) is 0 Å². The topological polar surface area (TPSA) is 68.4 Å². The van der Waals surface area contributed by atoms with E-state index in [1.165, 1.54) is 6.33 Å². The molecule has 1 aliphatic rings. The number of anilines is 1. The maximum atomic E-state index is 5.75. The van der Waals surface area contributed by atoms with Gasteiger partial charge in [-0.3, -0.25) is 4.98 Å². The van der Waals surface area contributed by atoms with Crippen LogP contribution < -0.4 is 9.64 Å². The van der Waals surface area contributed by atoms with Gasteiger partial charge in [0, 0.05) is 37.0 Å². The first-order valence-corrected chi connectivity index (χ1v) is 7.25. The summed E-state index contributed by atoms with van der Waals surface area (Å²) >= 11 is 0. The average molecular weight is 296 g/mol. The van der Waals surface area contributed by atoms with E-state index < -0.39 is 0 Å². The van der Waals surface area contributed by atoms with Gasteiger partial charge in [0.1, 0.15) is 17.9 Å². The molecule has 1 saturated heterocycles. The molecule has 4 heterocycles. The highest BCUT2D eigenvalue weighted by atomic mass is 16.5. The third-order valence-electron chi connectivity index (χ3n) is 3.76. The molecule has 7 heteroatoms. The van der Waals surface area contributed by atoms with Gasteiger partial charge in [-0.1, -0.05) is 0 Å². The van der Waals surface area contributed by atoms with Crippen molar-refractivity contribution in [2.24, 2.45) is 5.92 Å². The Morgan fingerprint density at radius 2 is 2.27 bits per heavy atom. The maximum absolute atomic E-state index is 5.75. The number of ether oxygens (including phenoxy) is 1. The third kappa shape index (κ3) is 2.34. The van der Waals surface area contributed by atoms with Crippen molar-refractivity contribution in [3.05, 3.63) is 42.6 Å². The van der Waals surface area contributed by atoms with Gasteiger partial charge in [0.05, 0.1) is 12.8 Å². The number of hydrogen-bond acceptors (Lipinski definition) is 6. The van der Waals surface area contributed by atoms with Crippen molar-refractivity contribution in [3.63, 3.8) is 0 Å². The summed E-state index contributed by atoms with van der Waals surface area (Å²) in [6.45, 7) is 4.56. The summed E-state index contributed by atoms with van der Waals surface area (Å²) in [5.74, 6) is 3.01. The van der Waals surface area contributed by atoms with Gasteiger partial charge in [-0.2, -0.15) is 14.6 Å². The molecule has 0 aliphatic carbocycles. The fraction of sp³-hybridized carbons (Fsp3) is 0.333. The molecule has 0 saturated carbocycles. The molecule has 1 aliphatic heterocycles. The van der Waals surface area contributed by atoms with Crippen molar-refractivity contribution in [1.82, 2.24) is 24.6 Å². The molecule has 0 spiro atoms. The smallest absolute Gasteiger partial charge is 0.254 e. The Hall–Kier alpha value is -2.70. The maximum Gasteiger partial charge on any atom is 0.254 e. The Morgan fingerprint density at radius 3 is 3.09 bits per heavy atom. The average Bonchev–Trinajstić information content (AvgIpc) is 2.94. The largest absolute Gasteiger partial charge is 0.492 e. The van der Waals surface area contributed by atoms with Crippen molar-refractivity contribution in [2.75, 3.05) is 24.6 Å². The van der Waals surface area contributed by atoms with E-state index in [1.54, 1.807) is 16.9 Å². The highest BCUT2D eigenvalue weighted by molar-refractivity contribution is 5.49. The van der Waals surface area contributed by atoms with Crippen LogP contribution in [0.5, 0.6) is 5.75 Å². The Kier molecular flexibility index (Phi) is 3.10. The number of hydrogen-bond donors (Lipinski definition) is 0. The molecular formula is C15H16N6O. The van der Waals surface area contributed by atoms with Gasteiger partial charge >= 0.3 is 0 Å². The van der Waals surface area contributed by atoms with Crippen molar-refractivity contribution in [2.45, 2.75) is 6.92 Å². The molecule has 0 aromatic carbocycles. The highest BCUT2D eigenvalue weighted by Gasteiger charge is 2.29. The van der Waals surface area contributed by atoms with Gasteiger partial charge in [-0.25, -0.2) is 4.98 Å². The summed E-state index contributed by atoms with van der Waals surface area (Å²) in [6, 6.07) is 5.85. The summed E-state index contributed by atoms with van der Waals surface area (Å²) in [4.78, 5) is 14.8. The predicted molar refractivity (Wildman–Crippen MR) is 81.0 cm³/mol. The second-order valence-corrected chi connectivity index (χ2v) is 5.50. The van der Waals surface area contributed by atoms with E-state index >= 15 is 0 Å². The Balaban J connectivity index is 1.41. The lowest BCUT2D eigenvalue weighted by Gasteiger charge is -2.40. The second kappa shape index (κ2) is 5.25. The summed E-state index contributed by atoms with van der Waals surface area (Å²) < 4.78 is 7.54. The molecule has 0 N–H and O–H groups in total. The van der Waals surface area contributed by atoms with Gasteiger partial charge in [0.2, 0.25) is 0 Å². The van der Waals surface area contributed by atoms with E-state index in [-0.39, 0.29) is 0 Å². The van der Waals surface area contributed by atoms with Crippen molar-refractivity contribution < 1.29 is 4.74 Å². The lowest BCUT2D eigenvalue weighted by molar-refractivity contribution is 0.219. The van der Waals surface area contributed by atoms with Crippen LogP contribution in [0.2, 0.25) is 0 Å². The second-order valence-electron chi connectivity index (χ2n) is 5.50. The molecule has 0 amide bonds. The lowest BCUT2D eigenvalue weighted by Crippen LogP contribution is -2.50. The number of pyridine rings is 1. The number of rotatable bonds is 4. The number of aromatic nitrogens is 5. The molecule has 112 valence electrons. The van der Waals surface area contributed by atoms with Crippen LogP contribution in [0.3, 0.4) is 0 Å². The zero-order valence-corrected chi connectivity index (χ0v) is 12.3. The normalized spacial score (nSPS) is 15.0. The zero-order valence-electron chi connectivity index (χ0n) is 12.3. The Morgan fingerprint density at radius 1 is 1.36 bits per heavy atom. The Labute approximate surface area is 127 Å². The molecule has 4 rings (SSSR count). The van der Waals surface area contributed by atoms with Gasteiger partial charge < -0.3 is 9.64 Å². The van der Waals surface area contributed by atoms with E-state index in [0.717, 1.165) is 30.4 Å². The van der Waals surface area contributed by atoms with E-state index in [4.69, 9.17) is 4.74 Å². The molecule has 1 fully saturated rings. The van der Waals surface area contributed by atoms with Crippen LogP contribution in [0.4, 0.5) is 5.82 Å². The summed E-state index contributed by atoms with van der Waals surface area (Å²) in [5.41, 5.74) is 0.950. The SMILES string of the molecule is Cc1cc(N2CC(COc3cccnc3)C2)n2ncnc2n1. The minimum absolute atomic E-state index is 0.507. The lowest BCUT2D eigenvalue weighted by atomic mass is 10.0. The third-order valence-corrected chi connectivity index (χ3v) is 3.76. The number of aryl methyl sites for hydroxylation is 1. The minimum Gasteiger partial charge on any atom is -0.492 e. The van der Waals surface area contributed by atoms with Crippen molar-refractivity contribution in [3.8, 4) is 5.75 Å². The van der Waals surface area contributed by atoms with E-state index in [1.807, 2.05) is 25.1 Å². The molecule has 22 heavy (non-hydrogen) atoms.